The van der Waals surface area contributed by atoms with Gasteiger partial charge in [0.1, 0.15) is 23.5 Å². The third kappa shape index (κ3) is 3.40. The van der Waals surface area contributed by atoms with Crippen molar-refractivity contribution in [3.05, 3.63) is 33.9 Å². The van der Waals surface area contributed by atoms with Gasteiger partial charge in [0, 0.05) is 0 Å². The van der Waals surface area contributed by atoms with E-state index in [0.717, 1.165) is 19.3 Å². The summed E-state index contributed by atoms with van der Waals surface area (Å²) >= 11 is 5.69. The van der Waals surface area contributed by atoms with Gasteiger partial charge < -0.3 is 4.74 Å². The summed E-state index contributed by atoms with van der Waals surface area (Å²) in [5.74, 6) is -0.498. The van der Waals surface area contributed by atoms with Crippen molar-refractivity contribution < 1.29 is 17.9 Å². The highest BCUT2D eigenvalue weighted by Gasteiger charge is 2.35. The maximum Gasteiger partial charge on any atom is 0.420 e. The minimum absolute atomic E-state index is 0.00350. The van der Waals surface area contributed by atoms with Crippen LogP contribution in [0, 0.1) is 22.7 Å². The maximum atomic E-state index is 12.8. The van der Waals surface area contributed by atoms with E-state index in [9.17, 15) is 13.2 Å². The second kappa shape index (κ2) is 5.64. The minimum Gasteiger partial charge on any atom is -0.495 e. The number of nitriles is 2. The summed E-state index contributed by atoms with van der Waals surface area (Å²) in [5.41, 5.74) is -1.39. The molecule has 0 fully saturated rings. The molecule has 0 aromatic heterocycles. The molecule has 0 unspecified atom stereocenters. The Hall–Kier alpha value is -2.18. The van der Waals surface area contributed by atoms with E-state index in [4.69, 9.17) is 22.1 Å². The van der Waals surface area contributed by atoms with Gasteiger partial charge in [-0.15, -0.1) is 0 Å². The van der Waals surface area contributed by atoms with E-state index in [0.29, 0.717) is 0 Å². The van der Waals surface area contributed by atoms with E-state index in [1.165, 1.54) is 6.07 Å². The second-order valence-corrected chi connectivity index (χ2v) is 3.77. The number of alkyl halides is 3. The number of benzene rings is 1. The summed E-state index contributed by atoms with van der Waals surface area (Å²) in [6.45, 7) is 0. The van der Waals surface area contributed by atoms with Crippen LogP contribution >= 0.6 is 11.6 Å². The molecule has 0 aliphatic heterocycles. The van der Waals surface area contributed by atoms with Crippen molar-refractivity contribution in [3.8, 4) is 17.9 Å². The van der Waals surface area contributed by atoms with Gasteiger partial charge in [0.05, 0.1) is 17.7 Å². The first kappa shape index (κ1) is 14.9. The Morgan fingerprint density at radius 2 is 1.89 bits per heavy atom. The van der Waals surface area contributed by atoms with E-state index in [-0.39, 0.29) is 16.2 Å². The normalized spacial score (nSPS) is 10.3. The monoisotopic (exact) mass is 286 g/mol. The molecule has 0 spiro atoms. The van der Waals surface area contributed by atoms with Crippen molar-refractivity contribution in [2.45, 2.75) is 6.18 Å². The Morgan fingerprint density at radius 3 is 2.32 bits per heavy atom. The lowest BCUT2D eigenvalue weighted by Crippen LogP contribution is -2.08. The molecule has 98 valence electrons. The van der Waals surface area contributed by atoms with Crippen molar-refractivity contribution in [1.82, 2.24) is 0 Å². The molecule has 0 heterocycles. The number of hydrogen-bond donors (Lipinski definition) is 0. The van der Waals surface area contributed by atoms with Gasteiger partial charge in [0.2, 0.25) is 0 Å². The summed E-state index contributed by atoms with van der Waals surface area (Å²) in [5, 5.41) is 16.9. The first-order chi connectivity index (χ1) is 8.83. The van der Waals surface area contributed by atoms with Gasteiger partial charge >= 0.3 is 6.18 Å². The van der Waals surface area contributed by atoms with E-state index < -0.39 is 17.5 Å². The minimum atomic E-state index is -4.65. The van der Waals surface area contributed by atoms with Crippen LogP contribution in [-0.2, 0) is 6.18 Å². The number of hydrogen-bond acceptors (Lipinski definition) is 3. The summed E-state index contributed by atoms with van der Waals surface area (Å²) in [7, 11) is 1.07. The molecule has 1 aromatic carbocycles. The zero-order valence-electron chi connectivity index (χ0n) is 9.55. The Bertz CT molecular complexity index is 593. The van der Waals surface area contributed by atoms with Crippen molar-refractivity contribution in [2.75, 3.05) is 7.11 Å². The molecule has 0 radical (unpaired) electrons. The Labute approximate surface area is 112 Å². The Balaban J connectivity index is 3.50. The number of halogens is 4. The van der Waals surface area contributed by atoms with Crippen LogP contribution in [0.2, 0.25) is 5.02 Å². The van der Waals surface area contributed by atoms with Crippen molar-refractivity contribution in [1.29, 1.82) is 10.5 Å². The molecule has 0 aliphatic rings. The number of rotatable bonds is 2. The molecule has 7 heteroatoms. The predicted molar refractivity (Wildman–Crippen MR) is 62.2 cm³/mol. The maximum absolute atomic E-state index is 12.8. The zero-order chi connectivity index (χ0) is 14.6. The van der Waals surface area contributed by atoms with Crippen LogP contribution < -0.4 is 4.74 Å². The van der Waals surface area contributed by atoms with E-state index in [1.54, 1.807) is 12.1 Å². The SMILES string of the molecule is COc1c(Cl)cc(C=C(C#N)C#N)cc1C(F)(F)F. The standard InChI is InChI=1S/C12H6ClF3N2O/c1-19-11-9(12(14,15)16)3-7(4-10(11)13)2-8(5-17)6-18/h2-4H,1H3. The molecule has 0 N–H and O–H groups in total. The smallest absolute Gasteiger partial charge is 0.420 e. The quantitative estimate of drug-likeness (QED) is 0.777. The number of nitrogens with zero attached hydrogens (tertiary/aromatic N) is 2. The molecule has 0 saturated heterocycles. The fourth-order valence-corrected chi connectivity index (χ4v) is 1.68. The fourth-order valence-electron chi connectivity index (χ4n) is 1.37. The lowest BCUT2D eigenvalue weighted by Gasteiger charge is -2.14. The lowest BCUT2D eigenvalue weighted by molar-refractivity contribution is -0.138. The lowest BCUT2D eigenvalue weighted by atomic mass is 10.1. The highest BCUT2D eigenvalue weighted by atomic mass is 35.5. The van der Waals surface area contributed by atoms with Crippen molar-refractivity contribution in [2.24, 2.45) is 0 Å². The van der Waals surface area contributed by atoms with Gasteiger partial charge in [0.25, 0.3) is 0 Å². The molecule has 0 atom stereocenters. The van der Waals surface area contributed by atoms with E-state index in [2.05, 4.69) is 4.74 Å². The van der Waals surface area contributed by atoms with Gasteiger partial charge in [-0.2, -0.15) is 23.7 Å². The number of methoxy groups -OCH3 is 1. The van der Waals surface area contributed by atoms with Gasteiger partial charge in [-0.3, -0.25) is 0 Å². The van der Waals surface area contributed by atoms with Crippen LogP contribution in [0.15, 0.2) is 17.7 Å². The van der Waals surface area contributed by atoms with Crippen LogP contribution in [0.25, 0.3) is 6.08 Å². The van der Waals surface area contributed by atoms with Crippen LogP contribution in [0.4, 0.5) is 13.2 Å². The average Bonchev–Trinajstić information content (AvgIpc) is 2.34. The molecule has 1 rings (SSSR count). The van der Waals surface area contributed by atoms with Crippen LogP contribution in [0.1, 0.15) is 11.1 Å². The van der Waals surface area contributed by atoms with Gasteiger partial charge in [-0.1, -0.05) is 11.6 Å². The summed E-state index contributed by atoms with van der Waals surface area (Å²) in [6.07, 6.45) is -3.64. The molecule has 0 bridgehead atoms. The molecule has 0 amide bonds. The molecule has 19 heavy (non-hydrogen) atoms. The summed E-state index contributed by atoms with van der Waals surface area (Å²) in [6, 6.07) is 5.05. The molecule has 0 saturated carbocycles. The topological polar surface area (TPSA) is 56.8 Å². The molecular weight excluding hydrogens is 281 g/mol. The van der Waals surface area contributed by atoms with Crippen molar-refractivity contribution in [3.63, 3.8) is 0 Å². The zero-order valence-corrected chi connectivity index (χ0v) is 10.3. The Morgan fingerprint density at radius 1 is 1.32 bits per heavy atom. The Kier molecular flexibility index (Phi) is 4.42. The first-order valence-electron chi connectivity index (χ1n) is 4.80. The molecule has 3 nitrogen and oxygen atoms in total. The van der Waals surface area contributed by atoms with E-state index >= 15 is 0 Å². The molecular formula is C12H6ClF3N2O. The largest absolute Gasteiger partial charge is 0.495 e. The third-order valence-electron chi connectivity index (χ3n) is 2.13. The van der Waals surface area contributed by atoms with Crippen LogP contribution in [0.3, 0.4) is 0 Å². The second-order valence-electron chi connectivity index (χ2n) is 3.36. The number of allylic oxidation sites excluding steroid dienone is 1. The number of ether oxygens (including phenoxy) is 1. The van der Waals surface area contributed by atoms with Gasteiger partial charge in [-0.25, -0.2) is 0 Å². The van der Waals surface area contributed by atoms with Crippen LogP contribution in [0.5, 0.6) is 5.75 Å². The highest BCUT2D eigenvalue weighted by Crippen LogP contribution is 2.41. The molecule has 0 aliphatic carbocycles. The predicted octanol–water partition coefficient (Wildman–Crippen LogP) is 3.80. The third-order valence-corrected chi connectivity index (χ3v) is 2.41. The fraction of sp³-hybridized carbons (Fsp3) is 0.167. The van der Waals surface area contributed by atoms with Crippen molar-refractivity contribution >= 4 is 17.7 Å². The van der Waals surface area contributed by atoms with Crippen LogP contribution in [-0.4, -0.2) is 7.11 Å². The summed E-state index contributed by atoms with van der Waals surface area (Å²) < 4.78 is 43.0. The summed E-state index contributed by atoms with van der Waals surface area (Å²) in [4.78, 5) is 0. The molecule has 1 aromatic rings. The van der Waals surface area contributed by atoms with Gasteiger partial charge in [-0.05, 0) is 23.8 Å². The average molecular weight is 287 g/mol. The van der Waals surface area contributed by atoms with Gasteiger partial charge in [0.15, 0.2) is 0 Å². The first-order valence-corrected chi connectivity index (χ1v) is 5.18. The highest BCUT2D eigenvalue weighted by molar-refractivity contribution is 6.32. The van der Waals surface area contributed by atoms with E-state index in [1.807, 2.05) is 0 Å².